The van der Waals surface area contributed by atoms with E-state index in [1.54, 1.807) is 7.11 Å². The van der Waals surface area contributed by atoms with E-state index in [-0.39, 0.29) is 12.0 Å². The fourth-order valence-corrected chi connectivity index (χ4v) is 4.22. The number of amides is 1. The monoisotopic (exact) mass is 540 g/mol. The van der Waals surface area contributed by atoms with E-state index in [0.717, 1.165) is 65.6 Å². The quantitative estimate of drug-likeness (QED) is 0.220. The molecular weight excluding hydrogens is 496 g/mol. The van der Waals surface area contributed by atoms with E-state index in [4.69, 9.17) is 19.2 Å². The standard InChI is InChI=1S/C29H44N6O4/c1-19(2)18-39-29(36)34-27(20(3)4)21(5)30-12-8-9-13-31-28-26-17-32-22(6)35(26)25-11-10-23(16-24(25)33-28)38-15-14-37-7/h10-11,16-17,19-20,27,30H,5,8-9,12-15,18H2,1-4,6-7H3,(H,31,33)(H,34,36)/t27-/m0/s1. The minimum atomic E-state index is -0.410. The number of alkyl carbamates (subject to hydrolysis) is 1. The van der Waals surface area contributed by atoms with E-state index < -0.39 is 6.09 Å². The molecule has 1 amide bonds. The maximum atomic E-state index is 12.1. The van der Waals surface area contributed by atoms with Crippen LogP contribution in [0.3, 0.4) is 0 Å². The Morgan fingerprint density at radius 1 is 1.10 bits per heavy atom. The molecule has 0 bridgehead atoms. The molecule has 0 aliphatic carbocycles. The van der Waals surface area contributed by atoms with E-state index in [1.807, 2.05) is 59.0 Å². The van der Waals surface area contributed by atoms with Crippen molar-refractivity contribution >= 4 is 28.5 Å². The van der Waals surface area contributed by atoms with Gasteiger partial charge in [-0.3, -0.25) is 4.40 Å². The van der Waals surface area contributed by atoms with Crippen LogP contribution in [0, 0.1) is 18.8 Å². The summed E-state index contributed by atoms with van der Waals surface area (Å²) in [4.78, 5) is 21.5. The van der Waals surface area contributed by atoms with Crippen molar-refractivity contribution in [2.45, 2.75) is 53.5 Å². The van der Waals surface area contributed by atoms with E-state index in [0.29, 0.717) is 25.7 Å². The molecular formula is C29H44N6O4. The Hall–Kier alpha value is -3.53. The largest absolute Gasteiger partial charge is 0.491 e. The number of nitrogens with one attached hydrogen (secondary N) is 3. The van der Waals surface area contributed by atoms with Gasteiger partial charge in [0.25, 0.3) is 0 Å². The summed E-state index contributed by atoms with van der Waals surface area (Å²) >= 11 is 0. The Morgan fingerprint density at radius 2 is 1.87 bits per heavy atom. The molecule has 3 N–H and O–H groups in total. The van der Waals surface area contributed by atoms with Gasteiger partial charge in [0.1, 0.15) is 23.7 Å². The molecule has 0 spiro atoms. The highest BCUT2D eigenvalue weighted by atomic mass is 16.5. The predicted molar refractivity (Wildman–Crippen MR) is 155 cm³/mol. The lowest BCUT2D eigenvalue weighted by atomic mass is 10.0. The molecule has 0 saturated heterocycles. The van der Waals surface area contributed by atoms with E-state index in [1.165, 1.54) is 0 Å². The molecule has 10 heteroatoms. The van der Waals surface area contributed by atoms with Crippen molar-refractivity contribution in [1.29, 1.82) is 0 Å². The van der Waals surface area contributed by atoms with Crippen LogP contribution in [0.5, 0.6) is 5.75 Å². The molecule has 1 atom stereocenters. The molecule has 0 fully saturated rings. The van der Waals surface area contributed by atoms with Crippen LogP contribution in [0.15, 0.2) is 36.7 Å². The van der Waals surface area contributed by atoms with Crippen molar-refractivity contribution in [3.8, 4) is 5.75 Å². The normalized spacial score (nSPS) is 12.2. The van der Waals surface area contributed by atoms with Crippen LogP contribution < -0.4 is 20.7 Å². The first-order valence-electron chi connectivity index (χ1n) is 13.7. The third-order valence-electron chi connectivity index (χ3n) is 6.27. The number of carbonyl (C=O) groups excluding carboxylic acids is 1. The number of methoxy groups -OCH3 is 1. The third-order valence-corrected chi connectivity index (χ3v) is 6.27. The highest BCUT2D eigenvalue weighted by Gasteiger charge is 2.20. The number of ether oxygens (including phenoxy) is 3. The number of nitrogens with zero attached hydrogens (tertiary/aromatic N) is 3. The highest BCUT2D eigenvalue weighted by Crippen LogP contribution is 2.26. The summed E-state index contributed by atoms with van der Waals surface area (Å²) in [7, 11) is 1.65. The van der Waals surface area contributed by atoms with Gasteiger partial charge in [-0.15, -0.1) is 0 Å². The van der Waals surface area contributed by atoms with Crippen molar-refractivity contribution in [2.75, 3.05) is 45.3 Å². The highest BCUT2D eigenvalue weighted by molar-refractivity contribution is 5.85. The molecule has 0 saturated carbocycles. The fraction of sp³-hybridized carbons (Fsp3) is 0.552. The van der Waals surface area contributed by atoms with Crippen molar-refractivity contribution in [3.05, 3.63) is 42.5 Å². The lowest BCUT2D eigenvalue weighted by molar-refractivity contribution is 0.128. The van der Waals surface area contributed by atoms with Crippen LogP contribution >= 0.6 is 0 Å². The molecule has 1 aromatic carbocycles. The van der Waals surface area contributed by atoms with Crippen LogP contribution in [-0.2, 0) is 9.47 Å². The van der Waals surface area contributed by atoms with Gasteiger partial charge < -0.3 is 30.2 Å². The van der Waals surface area contributed by atoms with Crippen LogP contribution in [0.2, 0.25) is 0 Å². The molecule has 0 aliphatic heterocycles. The molecule has 3 rings (SSSR count). The van der Waals surface area contributed by atoms with E-state index >= 15 is 0 Å². The summed E-state index contributed by atoms with van der Waals surface area (Å²) < 4.78 is 18.2. The molecule has 3 aromatic rings. The van der Waals surface area contributed by atoms with Crippen molar-refractivity contribution in [2.24, 2.45) is 11.8 Å². The molecule has 39 heavy (non-hydrogen) atoms. The topological polar surface area (TPSA) is 111 Å². The minimum Gasteiger partial charge on any atom is -0.491 e. The van der Waals surface area contributed by atoms with Gasteiger partial charge in [0.05, 0.1) is 36.5 Å². The number of hydrogen-bond acceptors (Lipinski definition) is 8. The van der Waals surface area contributed by atoms with Crippen molar-refractivity contribution < 1.29 is 19.0 Å². The maximum absolute atomic E-state index is 12.1. The Morgan fingerprint density at radius 3 is 2.59 bits per heavy atom. The Labute approximate surface area is 231 Å². The molecule has 2 heterocycles. The van der Waals surface area contributed by atoms with Gasteiger partial charge >= 0.3 is 6.09 Å². The SMILES string of the molecule is C=C(NCCCCNc1nc2cc(OCCOC)ccc2n2c(C)ncc12)[C@@H](NC(=O)OCC(C)C)C(C)C. The van der Waals surface area contributed by atoms with Crippen LogP contribution in [0.4, 0.5) is 10.6 Å². The first kappa shape index (κ1) is 30.0. The number of unbranched alkanes of at least 4 members (excludes halogenated alkanes) is 1. The molecule has 0 aliphatic rings. The summed E-state index contributed by atoms with van der Waals surface area (Å²) in [6.07, 6.45) is 3.29. The minimum absolute atomic E-state index is 0.185. The zero-order valence-corrected chi connectivity index (χ0v) is 24.2. The second-order valence-corrected chi connectivity index (χ2v) is 10.4. The average molecular weight is 541 g/mol. The molecule has 214 valence electrons. The maximum Gasteiger partial charge on any atom is 0.407 e. The van der Waals surface area contributed by atoms with Gasteiger partial charge in [0.2, 0.25) is 0 Å². The number of fused-ring (bicyclic) bond motifs is 3. The summed E-state index contributed by atoms with van der Waals surface area (Å²) in [6.45, 7) is 17.2. The van der Waals surface area contributed by atoms with E-state index in [2.05, 4.69) is 31.9 Å². The summed E-state index contributed by atoms with van der Waals surface area (Å²) in [5.74, 6) is 2.92. The van der Waals surface area contributed by atoms with E-state index in [9.17, 15) is 4.79 Å². The molecule has 10 nitrogen and oxygen atoms in total. The van der Waals surface area contributed by atoms with Gasteiger partial charge in [0.15, 0.2) is 5.82 Å². The van der Waals surface area contributed by atoms with Crippen LogP contribution in [0.25, 0.3) is 16.6 Å². The zero-order valence-electron chi connectivity index (χ0n) is 24.2. The van der Waals surface area contributed by atoms with Crippen LogP contribution in [-0.4, -0.2) is 66.5 Å². The molecule has 2 aromatic heterocycles. The molecule has 0 radical (unpaired) electrons. The summed E-state index contributed by atoms with van der Waals surface area (Å²) in [5.41, 5.74) is 3.54. The Kier molecular flexibility index (Phi) is 11.2. The second-order valence-electron chi connectivity index (χ2n) is 10.4. The fourth-order valence-electron chi connectivity index (χ4n) is 4.22. The molecule has 0 unspecified atom stereocenters. The number of benzene rings is 1. The average Bonchev–Trinajstić information content (AvgIpc) is 3.29. The second kappa shape index (κ2) is 14.6. The lowest BCUT2D eigenvalue weighted by Gasteiger charge is -2.25. The smallest absolute Gasteiger partial charge is 0.407 e. The number of anilines is 1. The first-order valence-corrected chi connectivity index (χ1v) is 13.7. The number of aromatic nitrogens is 3. The summed E-state index contributed by atoms with van der Waals surface area (Å²) in [6, 6.07) is 5.70. The summed E-state index contributed by atoms with van der Waals surface area (Å²) in [5, 5.41) is 9.79. The van der Waals surface area contributed by atoms with Gasteiger partial charge in [0, 0.05) is 32.0 Å². The Bertz CT molecular complexity index is 1240. The van der Waals surface area contributed by atoms with Gasteiger partial charge in [-0.2, -0.15) is 0 Å². The lowest BCUT2D eigenvalue weighted by Crippen LogP contribution is -2.44. The Balaban J connectivity index is 1.53. The third kappa shape index (κ3) is 8.48. The number of carbonyl (C=O) groups is 1. The van der Waals surface area contributed by atoms with Gasteiger partial charge in [-0.25, -0.2) is 14.8 Å². The predicted octanol–water partition coefficient (Wildman–Crippen LogP) is 4.92. The number of imidazole rings is 1. The van der Waals surface area contributed by atoms with Gasteiger partial charge in [-0.05, 0) is 43.7 Å². The van der Waals surface area contributed by atoms with Crippen LogP contribution in [0.1, 0.15) is 46.4 Å². The van der Waals surface area contributed by atoms with Gasteiger partial charge in [-0.1, -0.05) is 34.3 Å². The number of aryl methyl sites for hydroxylation is 1. The van der Waals surface area contributed by atoms with Crippen molar-refractivity contribution in [3.63, 3.8) is 0 Å². The zero-order chi connectivity index (χ0) is 28.4. The number of hydrogen-bond donors (Lipinski definition) is 3. The number of rotatable bonds is 16. The first-order chi connectivity index (χ1) is 18.7. The van der Waals surface area contributed by atoms with Crippen molar-refractivity contribution in [1.82, 2.24) is 25.0 Å².